The van der Waals surface area contributed by atoms with Crippen LogP contribution in [-0.2, 0) is 13.0 Å². The van der Waals surface area contributed by atoms with E-state index in [2.05, 4.69) is 10.3 Å². The van der Waals surface area contributed by atoms with Gasteiger partial charge in [0.1, 0.15) is 5.75 Å². The van der Waals surface area contributed by atoms with Gasteiger partial charge in [0.2, 0.25) is 0 Å². The van der Waals surface area contributed by atoms with Gasteiger partial charge in [0.05, 0.1) is 13.7 Å². The first kappa shape index (κ1) is 17.0. The molecule has 0 spiro atoms. The number of carbonyl (C=O) groups is 1. The van der Waals surface area contributed by atoms with Crippen molar-refractivity contribution in [1.29, 1.82) is 0 Å². The number of aryl methyl sites for hydroxylation is 1. The number of aliphatic hydroxyl groups is 1. The van der Waals surface area contributed by atoms with Gasteiger partial charge >= 0.3 is 0 Å². The third kappa shape index (κ3) is 3.67. The standard InChI is InChI=1S/C20H22N2O3/c1-13-3-5-17(15(9-13)12-23)20(24)21-8-7-14-11-22-19-6-4-16(25-2)10-18(14)19/h3-6,9-11,22-23H,7-8,12H2,1-2H3,(H,21,24). The predicted molar refractivity (Wildman–Crippen MR) is 98.0 cm³/mol. The molecule has 0 aliphatic rings. The van der Waals surface area contributed by atoms with Crippen LogP contribution in [0.15, 0.2) is 42.6 Å². The van der Waals surface area contributed by atoms with Gasteiger partial charge in [0.25, 0.3) is 5.91 Å². The number of fused-ring (bicyclic) bond motifs is 1. The van der Waals surface area contributed by atoms with Crippen LogP contribution >= 0.6 is 0 Å². The lowest BCUT2D eigenvalue weighted by Crippen LogP contribution is -2.26. The van der Waals surface area contributed by atoms with Crippen LogP contribution in [0.25, 0.3) is 10.9 Å². The number of carbonyl (C=O) groups excluding carboxylic acids is 1. The van der Waals surface area contributed by atoms with E-state index in [0.717, 1.165) is 27.8 Å². The summed E-state index contributed by atoms with van der Waals surface area (Å²) in [5.41, 5.74) is 4.36. The molecule has 0 radical (unpaired) electrons. The van der Waals surface area contributed by atoms with E-state index < -0.39 is 0 Å². The van der Waals surface area contributed by atoms with Crippen molar-refractivity contribution < 1.29 is 14.6 Å². The summed E-state index contributed by atoms with van der Waals surface area (Å²) in [5.74, 6) is 0.645. The fourth-order valence-electron chi connectivity index (χ4n) is 2.97. The molecular formula is C20H22N2O3. The number of hydrogen-bond acceptors (Lipinski definition) is 3. The average Bonchev–Trinajstić information content (AvgIpc) is 3.03. The number of benzene rings is 2. The zero-order chi connectivity index (χ0) is 17.8. The van der Waals surface area contributed by atoms with Gasteiger partial charge in [-0.2, -0.15) is 0 Å². The van der Waals surface area contributed by atoms with E-state index in [4.69, 9.17) is 4.74 Å². The van der Waals surface area contributed by atoms with Crippen molar-refractivity contribution >= 4 is 16.8 Å². The molecule has 5 nitrogen and oxygen atoms in total. The topological polar surface area (TPSA) is 74.3 Å². The molecule has 0 aliphatic carbocycles. The number of ether oxygens (including phenoxy) is 1. The fraction of sp³-hybridized carbons (Fsp3) is 0.250. The molecule has 1 aromatic heterocycles. The summed E-state index contributed by atoms with van der Waals surface area (Å²) < 4.78 is 5.28. The molecule has 1 heterocycles. The molecule has 3 aromatic rings. The Bertz CT molecular complexity index is 899. The van der Waals surface area contributed by atoms with Crippen LogP contribution in [0.3, 0.4) is 0 Å². The van der Waals surface area contributed by atoms with Crippen molar-refractivity contribution in [3.63, 3.8) is 0 Å². The third-order valence-electron chi connectivity index (χ3n) is 4.33. The van der Waals surface area contributed by atoms with Crippen LogP contribution in [0.1, 0.15) is 27.0 Å². The van der Waals surface area contributed by atoms with Gasteiger partial charge in [-0.25, -0.2) is 0 Å². The van der Waals surface area contributed by atoms with Crippen molar-refractivity contribution in [3.8, 4) is 5.75 Å². The molecule has 0 unspecified atom stereocenters. The van der Waals surface area contributed by atoms with Crippen LogP contribution < -0.4 is 10.1 Å². The highest BCUT2D eigenvalue weighted by atomic mass is 16.5. The zero-order valence-corrected chi connectivity index (χ0v) is 14.4. The van der Waals surface area contributed by atoms with E-state index in [1.165, 1.54) is 0 Å². The lowest BCUT2D eigenvalue weighted by atomic mass is 10.0. The molecular weight excluding hydrogens is 316 g/mol. The first-order chi connectivity index (χ1) is 12.1. The molecule has 3 N–H and O–H groups in total. The van der Waals surface area contributed by atoms with Crippen molar-refractivity contribution in [3.05, 3.63) is 64.8 Å². The smallest absolute Gasteiger partial charge is 0.251 e. The maximum atomic E-state index is 12.4. The van der Waals surface area contributed by atoms with E-state index in [0.29, 0.717) is 24.1 Å². The highest BCUT2D eigenvalue weighted by Crippen LogP contribution is 2.23. The molecule has 25 heavy (non-hydrogen) atoms. The summed E-state index contributed by atoms with van der Waals surface area (Å²) in [6.45, 7) is 2.31. The lowest BCUT2D eigenvalue weighted by Gasteiger charge is -2.09. The number of rotatable bonds is 6. The Morgan fingerprint density at radius 2 is 2.04 bits per heavy atom. The Balaban J connectivity index is 1.68. The highest BCUT2D eigenvalue weighted by Gasteiger charge is 2.11. The van der Waals surface area contributed by atoms with Crippen molar-refractivity contribution in [2.75, 3.05) is 13.7 Å². The minimum absolute atomic E-state index is 0.146. The van der Waals surface area contributed by atoms with E-state index >= 15 is 0 Å². The summed E-state index contributed by atoms with van der Waals surface area (Å²) in [6, 6.07) is 11.4. The molecule has 2 aromatic carbocycles. The number of aromatic nitrogens is 1. The van der Waals surface area contributed by atoms with Gasteiger partial charge in [0, 0.05) is 29.2 Å². The Morgan fingerprint density at radius 1 is 1.20 bits per heavy atom. The molecule has 0 fully saturated rings. The minimum Gasteiger partial charge on any atom is -0.497 e. The summed E-state index contributed by atoms with van der Waals surface area (Å²) in [5, 5.41) is 13.5. The largest absolute Gasteiger partial charge is 0.497 e. The normalized spacial score (nSPS) is 10.8. The van der Waals surface area contributed by atoms with E-state index in [1.807, 2.05) is 43.5 Å². The van der Waals surface area contributed by atoms with Crippen LogP contribution in [0.2, 0.25) is 0 Å². The molecule has 5 heteroatoms. The van der Waals surface area contributed by atoms with Crippen molar-refractivity contribution in [2.24, 2.45) is 0 Å². The second-order valence-electron chi connectivity index (χ2n) is 6.05. The van der Waals surface area contributed by atoms with E-state index in [1.54, 1.807) is 13.2 Å². The first-order valence-electron chi connectivity index (χ1n) is 8.25. The summed E-state index contributed by atoms with van der Waals surface area (Å²) >= 11 is 0. The van der Waals surface area contributed by atoms with Gasteiger partial charge in [-0.05, 0) is 48.7 Å². The Kier molecular flexibility index (Phi) is 5.05. The third-order valence-corrected chi connectivity index (χ3v) is 4.33. The second kappa shape index (κ2) is 7.40. The monoisotopic (exact) mass is 338 g/mol. The number of methoxy groups -OCH3 is 1. The molecule has 3 rings (SSSR count). The van der Waals surface area contributed by atoms with E-state index in [-0.39, 0.29) is 12.5 Å². The molecule has 1 amide bonds. The van der Waals surface area contributed by atoms with Crippen molar-refractivity contribution in [2.45, 2.75) is 20.0 Å². The van der Waals surface area contributed by atoms with Gasteiger partial charge in [-0.15, -0.1) is 0 Å². The molecule has 0 saturated carbocycles. The molecule has 0 saturated heterocycles. The van der Waals surface area contributed by atoms with Gasteiger partial charge in [-0.1, -0.05) is 17.7 Å². The summed E-state index contributed by atoms with van der Waals surface area (Å²) in [7, 11) is 1.65. The lowest BCUT2D eigenvalue weighted by molar-refractivity contribution is 0.0951. The fourth-order valence-corrected chi connectivity index (χ4v) is 2.97. The SMILES string of the molecule is COc1ccc2[nH]cc(CCNC(=O)c3ccc(C)cc3CO)c2c1. The van der Waals surface area contributed by atoms with Crippen molar-refractivity contribution in [1.82, 2.24) is 10.3 Å². The number of H-pyrrole nitrogens is 1. The Hall–Kier alpha value is -2.79. The van der Waals surface area contributed by atoms with Gasteiger partial charge in [-0.3, -0.25) is 4.79 Å². The quantitative estimate of drug-likeness (QED) is 0.647. The van der Waals surface area contributed by atoms with Crippen LogP contribution in [0.4, 0.5) is 0 Å². The van der Waals surface area contributed by atoms with Gasteiger partial charge < -0.3 is 20.1 Å². The average molecular weight is 338 g/mol. The predicted octanol–water partition coefficient (Wildman–Crippen LogP) is 2.95. The summed E-state index contributed by atoms with van der Waals surface area (Å²) in [6.07, 6.45) is 2.67. The van der Waals surface area contributed by atoms with Crippen LogP contribution in [-0.4, -0.2) is 29.7 Å². The number of amides is 1. The van der Waals surface area contributed by atoms with Crippen LogP contribution in [0, 0.1) is 6.92 Å². The van der Waals surface area contributed by atoms with E-state index in [9.17, 15) is 9.90 Å². The van der Waals surface area contributed by atoms with Gasteiger partial charge in [0.15, 0.2) is 0 Å². The first-order valence-corrected chi connectivity index (χ1v) is 8.25. The number of aliphatic hydroxyl groups excluding tert-OH is 1. The number of hydrogen-bond donors (Lipinski definition) is 3. The minimum atomic E-state index is -0.165. The van der Waals surface area contributed by atoms with Crippen LogP contribution in [0.5, 0.6) is 5.75 Å². The highest BCUT2D eigenvalue weighted by molar-refractivity contribution is 5.95. The maximum absolute atomic E-state index is 12.4. The molecule has 0 aliphatic heterocycles. The Labute approximate surface area is 146 Å². The zero-order valence-electron chi connectivity index (χ0n) is 14.4. The second-order valence-corrected chi connectivity index (χ2v) is 6.05. The molecule has 0 atom stereocenters. The molecule has 130 valence electrons. The maximum Gasteiger partial charge on any atom is 0.251 e. The number of nitrogens with one attached hydrogen (secondary N) is 2. The molecule has 0 bridgehead atoms. The number of aromatic amines is 1. The Morgan fingerprint density at radius 3 is 2.80 bits per heavy atom. The summed E-state index contributed by atoms with van der Waals surface area (Å²) in [4.78, 5) is 15.6.